The topological polar surface area (TPSA) is 49.4 Å². The molecule has 0 spiro atoms. The maximum atomic E-state index is 11.9. The lowest BCUT2D eigenvalue weighted by Crippen LogP contribution is -2.36. The average molecular weight is 220 g/mol. The van der Waals surface area contributed by atoms with Gasteiger partial charge < -0.3 is 10.2 Å². The normalized spacial score (nSPS) is 9.69. The highest BCUT2D eigenvalue weighted by Gasteiger charge is 2.13. The first kappa shape index (κ1) is 12.2. The van der Waals surface area contributed by atoms with Gasteiger partial charge in [0.1, 0.15) is 0 Å². The van der Waals surface area contributed by atoms with Crippen LogP contribution in [0, 0.1) is 6.92 Å². The summed E-state index contributed by atoms with van der Waals surface area (Å²) in [7, 11) is 3.16. The molecule has 0 heterocycles. The summed E-state index contributed by atoms with van der Waals surface area (Å²) in [5.41, 5.74) is 1.70. The van der Waals surface area contributed by atoms with Crippen molar-refractivity contribution in [3.8, 4) is 0 Å². The molecule has 0 atom stereocenters. The maximum absolute atomic E-state index is 11.9. The van der Waals surface area contributed by atoms with Gasteiger partial charge in [-0.05, 0) is 19.1 Å². The summed E-state index contributed by atoms with van der Waals surface area (Å²) in [6.45, 7) is 2.03. The third-order valence-corrected chi connectivity index (χ3v) is 2.30. The lowest BCUT2D eigenvalue weighted by Gasteiger charge is -2.16. The van der Waals surface area contributed by atoms with Gasteiger partial charge in [-0.2, -0.15) is 0 Å². The quantitative estimate of drug-likeness (QED) is 0.819. The summed E-state index contributed by atoms with van der Waals surface area (Å²) in [5, 5.41) is 2.48. The lowest BCUT2D eigenvalue weighted by molar-refractivity contribution is -0.121. The number of nitrogens with one attached hydrogen (secondary N) is 1. The molecule has 1 aromatic carbocycles. The molecule has 4 nitrogen and oxygen atoms in total. The van der Waals surface area contributed by atoms with Gasteiger partial charge in [0.15, 0.2) is 0 Å². The zero-order chi connectivity index (χ0) is 12.1. The van der Waals surface area contributed by atoms with E-state index in [1.165, 1.54) is 4.90 Å². The molecule has 0 radical (unpaired) electrons. The minimum Gasteiger partial charge on any atom is -0.358 e. The van der Waals surface area contributed by atoms with E-state index < -0.39 is 0 Å². The third-order valence-electron chi connectivity index (χ3n) is 2.30. The van der Waals surface area contributed by atoms with Gasteiger partial charge in [-0.1, -0.05) is 17.7 Å². The fourth-order valence-electron chi connectivity index (χ4n) is 1.28. The van der Waals surface area contributed by atoms with Gasteiger partial charge in [0.25, 0.3) is 5.91 Å². The third kappa shape index (κ3) is 3.08. The first-order valence-electron chi connectivity index (χ1n) is 5.07. The first-order chi connectivity index (χ1) is 7.54. The second-order valence-corrected chi connectivity index (χ2v) is 3.70. The Hall–Kier alpha value is -1.84. The van der Waals surface area contributed by atoms with Gasteiger partial charge in [0, 0.05) is 19.7 Å². The second kappa shape index (κ2) is 5.30. The molecule has 16 heavy (non-hydrogen) atoms. The molecule has 0 fully saturated rings. The molecule has 0 aromatic heterocycles. The minimum atomic E-state index is -0.178. The molecule has 0 saturated carbocycles. The SMILES string of the molecule is CNC(=O)CN(C)C(=O)c1ccc(C)cc1. The van der Waals surface area contributed by atoms with Crippen LogP contribution in [0.4, 0.5) is 0 Å². The van der Waals surface area contributed by atoms with Crippen molar-refractivity contribution in [3.05, 3.63) is 35.4 Å². The highest BCUT2D eigenvalue weighted by Crippen LogP contribution is 2.05. The number of hydrogen-bond donors (Lipinski definition) is 1. The van der Waals surface area contributed by atoms with Crippen LogP contribution in [0.5, 0.6) is 0 Å². The van der Waals surface area contributed by atoms with E-state index in [0.29, 0.717) is 5.56 Å². The van der Waals surface area contributed by atoms with Crippen molar-refractivity contribution in [1.82, 2.24) is 10.2 Å². The van der Waals surface area contributed by atoms with E-state index in [9.17, 15) is 9.59 Å². The molecule has 2 amide bonds. The standard InChI is InChI=1S/C12H16N2O2/c1-9-4-6-10(7-5-9)12(16)14(3)8-11(15)13-2/h4-7H,8H2,1-3H3,(H,13,15). The average Bonchev–Trinajstić information content (AvgIpc) is 2.28. The lowest BCUT2D eigenvalue weighted by atomic mass is 10.1. The van der Waals surface area contributed by atoms with Gasteiger partial charge in [-0.3, -0.25) is 9.59 Å². The predicted molar refractivity (Wildman–Crippen MR) is 62.2 cm³/mol. The molecule has 0 aliphatic heterocycles. The Balaban J connectivity index is 2.70. The molecule has 0 unspecified atom stereocenters. The number of amides is 2. The molecule has 0 saturated heterocycles. The molecule has 0 bridgehead atoms. The summed E-state index contributed by atoms with van der Waals surface area (Å²) in [6.07, 6.45) is 0. The fourth-order valence-corrected chi connectivity index (χ4v) is 1.28. The Morgan fingerprint density at radius 2 is 1.81 bits per heavy atom. The van der Waals surface area contributed by atoms with Crippen molar-refractivity contribution in [1.29, 1.82) is 0 Å². The summed E-state index contributed by atoms with van der Waals surface area (Å²) < 4.78 is 0. The molecule has 0 aliphatic carbocycles. The van der Waals surface area contributed by atoms with Gasteiger partial charge in [0.05, 0.1) is 6.54 Å². The largest absolute Gasteiger partial charge is 0.358 e. The second-order valence-electron chi connectivity index (χ2n) is 3.70. The van der Waals surface area contributed by atoms with Gasteiger partial charge in [0.2, 0.25) is 5.91 Å². The van der Waals surface area contributed by atoms with Crippen LogP contribution in [-0.2, 0) is 4.79 Å². The van der Waals surface area contributed by atoms with E-state index in [1.54, 1.807) is 26.2 Å². The van der Waals surface area contributed by atoms with Crippen LogP contribution in [0.3, 0.4) is 0 Å². The Labute approximate surface area is 95.3 Å². The van der Waals surface area contributed by atoms with E-state index in [4.69, 9.17) is 0 Å². The Bertz CT molecular complexity index is 385. The zero-order valence-electron chi connectivity index (χ0n) is 9.78. The van der Waals surface area contributed by atoms with Crippen LogP contribution in [0.25, 0.3) is 0 Å². The molecule has 0 aliphatic rings. The molecular weight excluding hydrogens is 204 g/mol. The highest BCUT2D eigenvalue weighted by molar-refractivity contribution is 5.96. The monoisotopic (exact) mass is 220 g/mol. The van der Waals surface area contributed by atoms with E-state index >= 15 is 0 Å². The molecular formula is C12H16N2O2. The number of benzene rings is 1. The van der Waals surface area contributed by atoms with Crippen molar-refractivity contribution in [3.63, 3.8) is 0 Å². The van der Waals surface area contributed by atoms with Crippen molar-refractivity contribution in [2.24, 2.45) is 0 Å². The van der Waals surface area contributed by atoms with Crippen LogP contribution in [0.15, 0.2) is 24.3 Å². The van der Waals surface area contributed by atoms with Crippen LogP contribution < -0.4 is 5.32 Å². The van der Waals surface area contributed by atoms with Crippen LogP contribution in [0.2, 0.25) is 0 Å². The van der Waals surface area contributed by atoms with E-state index in [-0.39, 0.29) is 18.4 Å². The number of carbonyl (C=O) groups excluding carboxylic acids is 2. The van der Waals surface area contributed by atoms with Crippen molar-refractivity contribution in [2.75, 3.05) is 20.6 Å². The Morgan fingerprint density at radius 3 is 2.31 bits per heavy atom. The van der Waals surface area contributed by atoms with Gasteiger partial charge >= 0.3 is 0 Å². The van der Waals surface area contributed by atoms with Crippen LogP contribution >= 0.6 is 0 Å². The zero-order valence-corrected chi connectivity index (χ0v) is 9.78. The number of nitrogens with zero attached hydrogens (tertiary/aromatic N) is 1. The van der Waals surface area contributed by atoms with Gasteiger partial charge in [-0.25, -0.2) is 0 Å². The van der Waals surface area contributed by atoms with Crippen LogP contribution in [-0.4, -0.2) is 37.4 Å². The van der Waals surface area contributed by atoms with E-state index in [1.807, 2.05) is 19.1 Å². The molecule has 1 N–H and O–H groups in total. The fraction of sp³-hybridized carbons (Fsp3) is 0.333. The number of aryl methyl sites for hydroxylation is 1. The molecule has 86 valence electrons. The number of likely N-dealkylation sites (N-methyl/N-ethyl adjacent to an activating group) is 2. The molecule has 1 aromatic rings. The van der Waals surface area contributed by atoms with Gasteiger partial charge in [-0.15, -0.1) is 0 Å². The minimum absolute atomic E-state index is 0.0726. The predicted octanol–water partition coefficient (Wildman–Crippen LogP) is 0.813. The summed E-state index contributed by atoms with van der Waals surface area (Å²) >= 11 is 0. The van der Waals surface area contributed by atoms with Crippen LogP contribution in [0.1, 0.15) is 15.9 Å². The van der Waals surface area contributed by atoms with Crippen molar-refractivity contribution < 1.29 is 9.59 Å². The number of rotatable bonds is 3. The maximum Gasteiger partial charge on any atom is 0.254 e. The van der Waals surface area contributed by atoms with Crippen molar-refractivity contribution in [2.45, 2.75) is 6.92 Å². The Morgan fingerprint density at radius 1 is 1.25 bits per heavy atom. The summed E-state index contributed by atoms with van der Waals surface area (Å²) in [4.78, 5) is 24.4. The summed E-state index contributed by atoms with van der Waals surface area (Å²) in [5.74, 6) is -0.327. The van der Waals surface area contributed by atoms with E-state index in [0.717, 1.165) is 5.56 Å². The number of carbonyl (C=O) groups is 2. The van der Waals surface area contributed by atoms with E-state index in [2.05, 4.69) is 5.32 Å². The smallest absolute Gasteiger partial charge is 0.254 e. The first-order valence-corrected chi connectivity index (χ1v) is 5.07. The molecule has 1 rings (SSSR count). The molecule has 4 heteroatoms. The van der Waals surface area contributed by atoms with Crippen molar-refractivity contribution >= 4 is 11.8 Å². The summed E-state index contributed by atoms with van der Waals surface area (Å²) in [6, 6.07) is 7.28. The number of hydrogen-bond acceptors (Lipinski definition) is 2. The highest BCUT2D eigenvalue weighted by atomic mass is 16.2. The Kier molecular flexibility index (Phi) is 4.05.